The van der Waals surface area contributed by atoms with Gasteiger partial charge >= 0.3 is 0 Å². The molecule has 0 fully saturated rings. The van der Waals surface area contributed by atoms with Gasteiger partial charge in [-0.05, 0) is 17.9 Å². The number of imidazole rings is 1. The molecule has 1 atom stereocenters. The van der Waals surface area contributed by atoms with Gasteiger partial charge in [0.15, 0.2) is 0 Å². The maximum atomic E-state index is 11.9. The molecule has 0 radical (unpaired) electrons. The number of amides is 1. The monoisotopic (exact) mass is 261 g/mol. The van der Waals surface area contributed by atoms with Crippen molar-refractivity contribution >= 4 is 17.2 Å². The Balaban J connectivity index is 1.56. The van der Waals surface area contributed by atoms with Crippen LogP contribution >= 0.6 is 11.3 Å². The first-order valence-electron chi connectivity index (χ1n) is 6.13. The molecule has 0 aliphatic carbocycles. The molecule has 1 amide bonds. The summed E-state index contributed by atoms with van der Waals surface area (Å²) in [5.74, 6) is 1.24. The first-order valence-corrected chi connectivity index (χ1v) is 7.01. The van der Waals surface area contributed by atoms with E-state index in [9.17, 15) is 4.79 Å². The van der Waals surface area contributed by atoms with Gasteiger partial charge in [0, 0.05) is 36.3 Å². The largest absolute Gasteiger partial charge is 0.351 e. The predicted octanol–water partition coefficient (Wildman–Crippen LogP) is 1.62. The van der Waals surface area contributed by atoms with Crippen molar-refractivity contribution in [3.8, 4) is 0 Å². The summed E-state index contributed by atoms with van der Waals surface area (Å²) >= 11 is 1.63. The summed E-state index contributed by atoms with van der Waals surface area (Å²) < 4.78 is 2.12. The third-order valence-corrected chi connectivity index (χ3v) is 4.09. The molecule has 94 valence electrons. The summed E-state index contributed by atoms with van der Waals surface area (Å²) in [7, 11) is 0. The third-order valence-electron chi connectivity index (χ3n) is 3.22. The molecule has 2 aromatic rings. The van der Waals surface area contributed by atoms with Gasteiger partial charge in [0.2, 0.25) is 5.91 Å². The lowest BCUT2D eigenvalue weighted by Crippen LogP contribution is -2.41. The van der Waals surface area contributed by atoms with E-state index >= 15 is 0 Å². The lowest BCUT2D eigenvalue weighted by Gasteiger charge is -2.24. The molecular formula is C13H15N3OS. The van der Waals surface area contributed by atoms with Crippen molar-refractivity contribution in [3.63, 3.8) is 0 Å². The molecule has 0 spiro atoms. The first kappa shape index (κ1) is 11.5. The van der Waals surface area contributed by atoms with E-state index in [1.807, 2.05) is 29.9 Å². The van der Waals surface area contributed by atoms with Gasteiger partial charge in [-0.3, -0.25) is 4.79 Å². The SMILES string of the molecule is O=C(Cc1cccs1)N[C@H]1CCc2nccn2C1. The zero-order valence-corrected chi connectivity index (χ0v) is 10.8. The molecule has 4 nitrogen and oxygen atoms in total. The summed E-state index contributed by atoms with van der Waals surface area (Å²) in [6, 6.07) is 4.21. The molecule has 0 bridgehead atoms. The van der Waals surface area contributed by atoms with Gasteiger partial charge in [-0.25, -0.2) is 4.98 Å². The zero-order valence-electron chi connectivity index (χ0n) is 10.0. The molecule has 0 saturated carbocycles. The maximum Gasteiger partial charge on any atom is 0.225 e. The van der Waals surface area contributed by atoms with E-state index in [0.29, 0.717) is 6.42 Å². The van der Waals surface area contributed by atoms with Crippen LogP contribution in [0.25, 0.3) is 0 Å². The van der Waals surface area contributed by atoms with Crippen LogP contribution in [0.15, 0.2) is 29.9 Å². The average Bonchev–Trinajstić information content (AvgIpc) is 2.98. The van der Waals surface area contributed by atoms with Gasteiger partial charge in [-0.2, -0.15) is 0 Å². The molecule has 3 heterocycles. The summed E-state index contributed by atoms with van der Waals surface area (Å²) in [6.45, 7) is 0.839. The normalized spacial score (nSPS) is 18.3. The molecule has 3 rings (SSSR count). The molecule has 0 aromatic carbocycles. The van der Waals surface area contributed by atoms with Gasteiger partial charge in [0.05, 0.1) is 6.42 Å². The number of thiophene rings is 1. The number of fused-ring (bicyclic) bond motifs is 1. The van der Waals surface area contributed by atoms with Crippen molar-refractivity contribution in [2.24, 2.45) is 0 Å². The highest BCUT2D eigenvalue weighted by Gasteiger charge is 2.20. The molecular weight excluding hydrogens is 246 g/mol. The highest BCUT2D eigenvalue weighted by molar-refractivity contribution is 7.10. The number of aryl methyl sites for hydroxylation is 1. The van der Waals surface area contributed by atoms with E-state index in [-0.39, 0.29) is 11.9 Å². The van der Waals surface area contributed by atoms with E-state index in [1.165, 1.54) is 0 Å². The fourth-order valence-corrected chi connectivity index (χ4v) is 3.04. The highest BCUT2D eigenvalue weighted by Crippen LogP contribution is 2.14. The highest BCUT2D eigenvalue weighted by atomic mass is 32.1. The van der Waals surface area contributed by atoms with Gasteiger partial charge < -0.3 is 9.88 Å². The second-order valence-corrected chi connectivity index (χ2v) is 5.59. The second-order valence-electron chi connectivity index (χ2n) is 4.56. The minimum atomic E-state index is 0.117. The molecule has 1 aliphatic heterocycles. The fraction of sp³-hybridized carbons (Fsp3) is 0.385. The second kappa shape index (κ2) is 4.94. The Bertz CT molecular complexity index is 532. The van der Waals surface area contributed by atoms with Gasteiger partial charge in [-0.15, -0.1) is 11.3 Å². The standard InChI is InChI=1S/C13H15N3OS/c17-13(8-11-2-1-7-18-11)15-10-3-4-12-14-5-6-16(12)9-10/h1-2,5-7,10H,3-4,8-9H2,(H,15,17)/t10-/m0/s1. The number of carbonyl (C=O) groups is 1. The minimum absolute atomic E-state index is 0.117. The number of nitrogens with zero attached hydrogens (tertiary/aromatic N) is 2. The number of hydrogen-bond donors (Lipinski definition) is 1. The van der Waals surface area contributed by atoms with E-state index < -0.39 is 0 Å². The Morgan fingerprint density at radius 1 is 1.61 bits per heavy atom. The van der Waals surface area contributed by atoms with Crippen LogP contribution in [-0.4, -0.2) is 21.5 Å². The first-order chi connectivity index (χ1) is 8.81. The van der Waals surface area contributed by atoms with Crippen LogP contribution in [0.5, 0.6) is 0 Å². The van der Waals surface area contributed by atoms with Crippen LogP contribution < -0.4 is 5.32 Å². The topological polar surface area (TPSA) is 46.9 Å². The molecule has 18 heavy (non-hydrogen) atoms. The van der Waals surface area contributed by atoms with Crippen LogP contribution in [0.3, 0.4) is 0 Å². The van der Waals surface area contributed by atoms with Crippen molar-refractivity contribution in [1.82, 2.24) is 14.9 Å². The smallest absolute Gasteiger partial charge is 0.225 e. The van der Waals surface area contributed by atoms with Crippen LogP contribution in [0, 0.1) is 0 Å². The molecule has 1 aliphatic rings. The molecule has 1 N–H and O–H groups in total. The number of aromatic nitrogens is 2. The van der Waals surface area contributed by atoms with Crippen molar-refractivity contribution in [1.29, 1.82) is 0 Å². The number of nitrogens with one attached hydrogen (secondary N) is 1. The summed E-state index contributed by atoms with van der Waals surface area (Å²) in [4.78, 5) is 17.3. The average molecular weight is 261 g/mol. The lowest BCUT2D eigenvalue weighted by atomic mass is 10.1. The quantitative estimate of drug-likeness (QED) is 0.912. The minimum Gasteiger partial charge on any atom is -0.351 e. The summed E-state index contributed by atoms with van der Waals surface area (Å²) in [5.41, 5.74) is 0. The lowest BCUT2D eigenvalue weighted by molar-refractivity contribution is -0.121. The van der Waals surface area contributed by atoms with Gasteiger partial charge in [0.25, 0.3) is 0 Å². The van der Waals surface area contributed by atoms with Crippen LogP contribution in [-0.2, 0) is 24.2 Å². The summed E-state index contributed by atoms with van der Waals surface area (Å²) in [6.07, 6.45) is 6.22. The van der Waals surface area contributed by atoms with E-state index in [4.69, 9.17) is 0 Å². The Morgan fingerprint density at radius 2 is 2.56 bits per heavy atom. The van der Waals surface area contributed by atoms with Crippen LogP contribution in [0.4, 0.5) is 0 Å². The van der Waals surface area contributed by atoms with E-state index in [0.717, 1.165) is 30.1 Å². The summed E-state index contributed by atoms with van der Waals surface area (Å²) in [5, 5.41) is 5.11. The van der Waals surface area contributed by atoms with E-state index in [1.54, 1.807) is 11.3 Å². The van der Waals surface area contributed by atoms with E-state index in [2.05, 4.69) is 14.9 Å². The fourth-order valence-electron chi connectivity index (χ4n) is 2.33. The number of rotatable bonds is 3. The maximum absolute atomic E-state index is 11.9. The van der Waals surface area contributed by atoms with Crippen LogP contribution in [0.1, 0.15) is 17.1 Å². The molecule has 5 heteroatoms. The van der Waals surface area contributed by atoms with Gasteiger partial charge in [0.1, 0.15) is 5.82 Å². The Labute approximate surface area is 110 Å². The van der Waals surface area contributed by atoms with Crippen molar-refractivity contribution in [2.75, 3.05) is 0 Å². The Morgan fingerprint density at radius 3 is 3.39 bits per heavy atom. The van der Waals surface area contributed by atoms with Crippen molar-refractivity contribution in [3.05, 3.63) is 40.6 Å². The van der Waals surface area contributed by atoms with Crippen molar-refractivity contribution in [2.45, 2.75) is 31.8 Å². The molecule has 2 aromatic heterocycles. The Kier molecular flexibility index (Phi) is 3.15. The third kappa shape index (κ3) is 2.46. The number of hydrogen-bond acceptors (Lipinski definition) is 3. The Hall–Kier alpha value is -1.62. The number of carbonyl (C=O) groups excluding carboxylic acids is 1. The van der Waals surface area contributed by atoms with Gasteiger partial charge in [-0.1, -0.05) is 6.07 Å². The predicted molar refractivity (Wildman–Crippen MR) is 70.5 cm³/mol. The zero-order chi connectivity index (χ0) is 12.4. The molecule has 0 unspecified atom stereocenters. The van der Waals surface area contributed by atoms with Crippen molar-refractivity contribution < 1.29 is 4.79 Å². The van der Waals surface area contributed by atoms with Crippen LogP contribution in [0.2, 0.25) is 0 Å². The molecule has 0 saturated heterocycles.